The first-order valence-electron chi connectivity index (χ1n) is 8.48. The van der Waals surface area contributed by atoms with Crippen LogP contribution >= 0.6 is 11.6 Å². The Morgan fingerprint density at radius 2 is 1.95 bits per heavy atom. The number of piperidine rings is 1. The van der Waals surface area contributed by atoms with Crippen molar-refractivity contribution in [2.24, 2.45) is 5.92 Å². The third kappa shape index (κ3) is 4.21. The highest BCUT2D eigenvalue weighted by Gasteiger charge is 2.24. The lowest BCUT2D eigenvalue weighted by Gasteiger charge is -2.33. The monoisotopic (exact) mass is 306 g/mol. The smallest absolute Gasteiger partial charge is 0.0453 e. The molecule has 0 aromatic heterocycles. The van der Waals surface area contributed by atoms with Crippen LogP contribution in [0, 0.1) is 5.92 Å². The highest BCUT2D eigenvalue weighted by Crippen LogP contribution is 2.28. The Kier molecular flexibility index (Phi) is 5.20. The molecule has 3 rings (SSSR count). The van der Waals surface area contributed by atoms with Gasteiger partial charge in [0.15, 0.2) is 0 Å². The molecule has 3 heteroatoms. The number of nitrogens with one attached hydrogen (secondary N) is 1. The number of hydrogen-bond donors (Lipinski definition) is 1. The summed E-state index contributed by atoms with van der Waals surface area (Å²) in [5.74, 6) is 0.985. The average molecular weight is 307 g/mol. The summed E-state index contributed by atoms with van der Waals surface area (Å²) in [6, 6.07) is 7.04. The van der Waals surface area contributed by atoms with Crippen LogP contribution in [-0.4, -0.2) is 30.6 Å². The van der Waals surface area contributed by atoms with Crippen LogP contribution in [0.15, 0.2) is 18.2 Å². The summed E-state index contributed by atoms with van der Waals surface area (Å²) in [7, 11) is 0. The molecule has 1 aliphatic carbocycles. The third-order valence-electron chi connectivity index (χ3n) is 4.96. The normalized spacial score (nSPS) is 20.9. The van der Waals surface area contributed by atoms with Gasteiger partial charge in [0.2, 0.25) is 0 Å². The maximum atomic E-state index is 6.41. The number of halogens is 1. The van der Waals surface area contributed by atoms with Crippen molar-refractivity contribution in [3.05, 3.63) is 34.3 Å². The molecule has 21 heavy (non-hydrogen) atoms. The van der Waals surface area contributed by atoms with Crippen LogP contribution in [0.3, 0.4) is 0 Å². The Labute approximate surface area is 133 Å². The van der Waals surface area contributed by atoms with E-state index in [1.165, 1.54) is 56.4 Å². The lowest BCUT2D eigenvalue weighted by molar-refractivity contribution is 0.190. The Bertz CT molecular complexity index is 462. The summed E-state index contributed by atoms with van der Waals surface area (Å²) in [4.78, 5) is 2.57. The van der Waals surface area contributed by atoms with Gasteiger partial charge in [-0.2, -0.15) is 0 Å². The lowest BCUT2D eigenvalue weighted by atomic mass is 10.0. The van der Waals surface area contributed by atoms with Crippen LogP contribution in [0.2, 0.25) is 5.02 Å². The molecule has 1 saturated heterocycles. The summed E-state index contributed by atoms with van der Waals surface area (Å²) in [6.45, 7) is 6.85. The van der Waals surface area contributed by atoms with E-state index in [4.69, 9.17) is 11.6 Å². The van der Waals surface area contributed by atoms with E-state index in [-0.39, 0.29) is 0 Å². The van der Waals surface area contributed by atoms with E-state index in [1.807, 2.05) is 6.07 Å². The van der Waals surface area contributed by atoms with Crippen molar-refractivity contribution in [3.8, 4) is 0 Å². The number of rotatable bonds is 6. The first kappa shape index (κ1) is 15.3. The molecule has 0 amide bonds. The highest BCUT2D eigenvalue weighted by molar-refractivity contribution is 6.31. The maximum Gasteiger partial charge on any atom is 0.0453 e. The van der Waals surface area contributed by atoms with Crippen molar-refractivity contribution in [2.45, 2.75) is 51.6 Å². The van der Waals surface area contributed by atoms with Crippen molar-refractivity contribution in [2.75, 3.05) is 19.6 Å². The van der Waals surface area contributed by atoms with Crippen LogP contribution in [-0.2, 0) is 13.0 Å². The van der Waals surface area contributed by atoms with E-state index >= 15 is 0 Å². The minimum Gasteiger partial charge on any atom is -0.314 e. The second-order valence-corrected chi connectivity index (χ2v) is 7.04. The quantitative estimate of drug-likeness (QED) is 0.858. The van der Waals surface area contributed by atoms with Gasteiger partial charge in [0.05, 0.1) is 0 Å². The molecule has 1 heterocycles. The third-order valence-corrected chi connectivity index (χ3v) is 5.31. The van der Waals surface area contributed by atoms with Crippen molar-refractivity contribution in [3.63, 3.8) is 0 Å². The van der Waals surface area contributed by atoms with Crippen molar-refractivity contribution >= 4 is 11.6 Å². The fourth-order valence-electron chi connectivity index (χ4n) is 3.29. The van der Waals surface area contributed by atoms with Crippen LogP contribution in [0.5, 0.6) is 0 Å². The van der Waals surface area contributed by atoms with E-state index in [0.29, 0.717) is 0 Å². The predicted octanol–water partition coefficient (Wildman–Crippen LogP) is 3.87. The zero-order chi connectivity index (χ0) is 14.7. The topological polar surface area (TPSA) is 15.3 Å². The molecule has 1 aromatic carbocycles. The molecule has 2 nitrogen and oxygen atoms in total. The molecule has 2 aliphatic rings. The Hall–Kier alpha value is -0.570. The molecule has 0 atom stereocenters. The second kappa shape index (κ2) is 7.13. The van der Waals surface area contributed by atoms with Crippen LogP contribution in [0.4, 0.5) is 0 Å². The lowest BCUT2D eigenvalue weighted by Crippen LogP contribution is -2.42. The maximum absolute atomic E-state index is 6.41. The van der Waals surface area contributed by atoms with E-state index in [9.17, 15) is 0 Å². The number of nitrogens with zero attached hydrogens (tertiary/aromatic N) is 1. The molecule has 116 valence electrons. The molecule has 1 aromatic rings. The minimum absolute atomic E-state index is 0.735. The Balaban J connectivity index is 1.50. The fourth-order valence-corrected chi connectivity index (χ4v) is 3.54. The highest BCUT2D eigenvalue weighted by atomic mass is 35.5. The molecule has 0 bridgehead atoms. The molecule has 1 N–H and O–H groups in total. The van der Waals surface area contributed by atoms with Gasteiger partial charge in [0.25, 0.3) is 0 Å². The number of hydrogen-bond acceptors (Lipinski definition) is 2. The van der Waals surface area contributed by atoms with Crippen molar-refractivity contribution in [1.29, 1.82) is 0 Å². The standard InChI is InChI=1S/C18H27ClN2/c1-2-15-4-3-5-18(19)17(15)13-21-10-8-16(9-11-21)20-12-14-6-7-14/h3-5,14,16,20H,2,6-13H2,1H3. The first-order valence-corrected chi connectivity index (χ1v) is 8.86. The minimum atomic E-state index is 0.735. The van der Waals surface area contributed by atoms with E-state index < -0.39 is 0 Å². The predicted molar refractivity (Wildman–Crippen MR) is 89.9 cm³/mol. The first-order chi connectivity index (χ1) is 10.3. The molecule has 1 aliphatic heterocycles. The summed E-state index contributed by atoms with van der Waals surface area (Å²) in [5.41, 5.74) is 2.74. The van der Waals surface area contributed by atoms with Crippen LogP contribution in [0.25, 0.3) is 0 Å². The van der Waals surface area contributed by atoms with E-state index in [2.05, 4.69) is 29.3 Å². The zero-order valence-corrected chi connectivity index (χ0v) is 13.8. The largest absolute Gasteiger partial charge is 0.314 e. The number of benzene rings is 1. The molecular weight excluding hydrogens is 280 g/mol. The molecule has 0 radical (unpaired) electrons. The molecule has 1 saturated carbocycles. The fraction of sp³-hybridized carbons (Fsp3) is 0.667. The Morgan fingerprint density at radius 1 is 1.19 bits per heavy atom. The zero-order valence-electron chi connectivity index (χ0n) is 13.1. The SMILES string of the molecule is CCc1cccc(Cl)c1CN1CCC(NCC2CC2)CC1. The molecular formula is C18H27ClN2. The van der Waals surface area contributed by atoms with Gasteiger partial charge in [-0.05, 0) is 74.8 Å². The van der Waals surface area contributed by atoms with Gasteiger partial charge >= 0.3 is 0 Å². The van der Waals surface area contributed by atoms with E-state index in [0.717, 1.165) is 29.9 Å². The summed E-state index contributed by atoms with van der Waals surface area (Å²) < 4.78 is 0. The van der Waals surface area contributed by atoms with Gasteiger partial charge in [-0.15, -0.1) is 0 Å². The van der Waals surface area contributed by atoms with Crippen molar-refractivity contribution in [1.82, 2.24) is 10.2 Å². The number of likely N-dealkylation sites (tertiary alicyclic amines) is 1. The Morgan fingerprint density at radius 3 is 2.62 bits per heavy atom. The van der Waals surface area contributed by atoms with Crippen molar-refractivity contribution < 1.29 is 0 Å². The summed E-state index contributed by atoms with van der Waals surface area (Å²) in [6.07, 6.45) is 6.50. The van der Waals surface area contributed by atoms with Gasteiger partial charge in [0.1, 0.15) is 0 Å². The molecule has 0 unspecified atom stereocenters. The average Bonchev–Trinajstić information content (AvgIpc) is 3.33. The molecule has 2 fully saturated rings. The van der Waals surface area contributed by atoms with Crippen LogP contribution in [0.1, 0.15) is 43.7 Å². The van der Waals surface area contributed by atoms with Crippen LogP contribution < -0.4 is 5.32 Å². The summed E-state index contributed by atoms with van der Waals surface area (Å²) >= 11 is 6.41. The number of aryl methyl sites for hydroxylation is 1. The molecule has 0 spiro atoms. The summed E-state index contributed by atoms with van der Waals surface area (Å²) in [5, 5.41) is 4.68. The van der Waals surface area contributed by atoms with Gasteiger partial charge in [-0.3, -0.25) is 4.90 Å². The van der Waals surface area contributed by atoms with Gasteiger partial charge in [-0.1, -0.05) is 30.7 Å². The van der Waals surface area contributed by atoms with Gasteiger partial charge in [0, 0.05) is 17.6 Å². The van der Waals surface area contributed by atoms with E-state index in [1.54, 1.807) is 0 Å². The second-order valence-electron chi connectivity index (χ2n) is 6.63. The van der Waals surface area contributed by atoms with Gasteiger partial charge in [-0.25, -0.2) is 0 Å². The van der Waals surface area contributed by atoms with Gasteiger partial charge < -0.3 is 5.32 Å².